The second kappa shape index (κ2) is 5.71. The molecule has 0 saturated heterocycles. The third kappa shape index (κ3) is 3.88. The molecule has 0 radical (unpaired) electrons. The van der Waals surface area contributed by atoms with Crippen LogP contribution in [0.5, 0.6) is 0 Å². The number of aromatic nitrogens is 2. The van der Waals surface area contributed by atoms with Crippen LogP contribution in [0.1, 0.15) is 32.8 Å². The van der Waals surface area contributed by atoms with Crippen LogP contribution in [0.2, 0.25) is 0 Å². The van der Waals surface area contributed by atoms with Crippen molar-refractivity contribution in [2.75, 3.05) is 6.54 Å². The minimum Gasteiger partial charge on any atom is -0.311 e. The average molecular weight is 207 g/mol. The summed E-state index contributed by atoms with van der Waals surface area (Å²) in [7, 11) is 1.94. The zero-order valence-corrected chi connectivity index (χ0v) is 10.1. The number of hydrogen-bond acceptors (Lipinski definition) is 2. The minimum atomic E-state index is 0.435. The monoisotopic (exact) mass is 207 g/mol. The van der Waals surface area contributed by atoms with Crippen molar-refractivity contribution in [3.05, 3.63) is 23.5 Å². The van der Waals surface area contributed by atoms with Gasteiger partial charge in [0.15, 0.2) is 0 Å². The Labute approximate surface area is 92.2 Å². The lowest BCUT2D eigenvalue weighted by Crippen LogP contribution is -2.27. The molecule has 1 aromatic heterocycles. The summed E-state index contributed by atoms with van der Waals surface area (Å²) in [5.74, 6) is 0. The van der Waals surface area contributed by atoms with Gasteiger partial charge in [0.1, 0.15) is 0 Å². The van der Waals surface area contributed by atoms with E-state index in [9.17, 15) is 0 Å². The van der Waals surface area contributed by atoms with Crippen molar-refractivity contribution in [2.24, 2.45) is 7.05 Å². The van der Waals surface area contributed by atoms with Gasteiger partial charge in [-0.05, 0) is 26.8 Å². The van der Waals surface area contributed by atoms with Crippen molar-refractivity contribution in [3.8, 4) is 0 Å². The molecular formula is C12H21N3. The highest BCUT2D eigenvalue weighted by Crippen LogP contribution is 2.08. The average Bonchev–Trinajstić information content (AvgIpc) is 2.60. The summed E-state index contributed by atoms with van der Waals surface area (Å²) in [6, 6.07) is 0.435. The summed E-state index contributed by atoms with van der Waals surface area (Å²) < 4.78 is 1.82. The van der Waals surface area contributed by atoms with E-state index in [4.69, 9.17) is 0 Å². The lowest BCUT2D eigenvalue weighted by atomic mass is 10.1. The fourth-order valence-corrected chi connectivity index (χ4v) is 1.42. The van der Waals surface area contributed by atoms with E-state index >= 15 is 0 Å². The van der Waals surface area contributed by atoms with Crippen LogP contribution < -0.4 is 5.32 Å². The van der Waals surface area contributed by atoms with Gasteiger partial charge >= 0.3 is 0 Å². The number of hydrogen-bond donors (Lipinski definition) is 1. The first-order valence-corrected chi connectivity index (χ1v) is 5.53. The molecule has 1 unspecified atom stereocenters. The third-order valence-electron chi connectivity index (χ3n) is 2.50. The highest BCUT2D eigenvalue weighted by atomic mass is 15.2. The Balaban J connectivity index is 2.58. The third-order valence-corrected chi connectivity index (χ3v) is 2.50. The lowest BCUT2D eigenvalue weighted by molar-refractivity contribution is 0.604. The van der Waals surface area contributed by atoms with Crippen molar-refractivity contribution >= 4 is 6.08 Å². The van der Waals surface area contributed by atoms with Gasteiger partial charge in [0.05, 0.1) is 6.20 Å². The predicted octanol–water partition coefficient (Wildman–Crippen LogP) is 2.21. The second-order valence-electron chi connectivity index (χ2n) is 4.01. The zero-order chi connectivity index (χ0) is 11.3. The molecule has 0 aliphatic rings. The first kappa shape index (κ1) is 12.0. The van der Waals surface area contributed by atoms with E-state index < -0.39 is 0 Å². The van der Waals surface area contributed by atoms with Crippen LogP contribution in [-0.4, -0.2) is 22.4 Å². The minimum absolute atomic E-state index is 0.435. The molecule has 0 amide bonds. The molecular weight excluding hydrogens is 186 g/mol. The van der Waals surface area contributed by atoms with E-state index in [0.717, 1.165) is 6.54 Å². The molecule has 1 rings (SSSR count). The largest absolute Gasteiger partial charge is 0.311 e. The Kier molecular flexibility index (Phi) is 4.56. The van der Waals surface area contributed by atoms with Gasteiger partial charge in [-0.3, -0.25) is 4.68 Å². The fraction of sp³-hybridized carbons (Fsp3) is 0.583. The van der Waals surface area contributed by atoms with E-state index in [2.05, 4.69) is 37.3 Å². The number of nitrogens with zero attached hydrogens (tertiary/aromatic N) is 2. The molecule has 0 aromatic carbocycles. The zero-order valence-electron chi connectivity index (χ0n) is 10.1. The molecule has 3 heteroatoms. The van der Waals surface area contributed by atoms with E-state index in [1.165, 1.54) is 17.6 Å². The van der Waals surface area contributed by atoms with Crippen molar-refractivity contribution in [1.82, 2.24) is 15.1 Å². The first-order chi connectivity index (χ1) is 7.13. The van der Waals surface area contributed by atoms with Crippen LogP contribution in [0, 0.1) is 0 Å². The standard InChI is InChI=1S/C12H21N3/c1-5-6-13-11(3)10(2)7-12-8-14-15(4)9-12/h7-9,11,13H,5-6H2,1-4H3. The summed E-state index contributed by atoms with van der Waals surface area (Å²) in [5, 5.41) is 7.61. The smallest absolute Gasteiger partial charge is 0.0562 e. The Hall–Kier alpha value is -1.09. The summed E-state index contributed by atoms with van der Waals surface area (Å²) in [4.78, 5) is 0. The van der Waals surface area contributed by atoms with Gasteiger partial charge in [-0.25, -0.2) is 0 Å². The Morgan fingerprint density at radius 3 is 2.93 bits per heavy atom. The molecule has 1 atom stereocenters. The SMILES string of the molecule is CCCNC(C)C(C)=Cc1cnn(C)c1. The van der Waals surface area contributed by atoms with Crippen LogP contribution in [0.25, 0.3) is 6.08 Å². The second-order valence-corrected chi connectivity index (χ2v) is 4.01. The number of aryl methyl sites for hydroxylation is 1. The van der Waals surface area contributed by atoms with Gasteiger partial charge < -0.3 is 5.32 Å². The highest BCUT2D eigenvalue weighted by molar-refractivity contribution is 5.51. The van der Waals surface area contributed by atoms with Gasteiger partial charge in [-0.15, -0.1) is 0 Å². The van der Waals surface area contributed by atoms with Crippen LogP contribution in [0.3, 0.4) is 0 Å². The van der Waals surface area contributed by atoms with Gasteiger partial charge in [0.2, 0.25) is 0 Å². The maximum absolute atomic E-state index is 4.14. The van der Waals surface area contributed by atoms with Crippen LogP contribution in [0.15, 0.2) is 18.0 Å². The topological polar surface area (TPSA) is 29.9 Å². The molecule has 84 valence electrons. The Bertz CT molecular complexity index is 325. The Morgan fingerprint density at radius 1 is 1.67 bits per heavy atom. The van der Waals surface area contributed by atoms with Crippen molar-refractivity contribution in [3.63, 3.8) is 0 Å². The maximum Gasteiger partial charge on any atom is 0.0562 e. The number of rotatable bonds is 5. The predicted molar refractivity (Wildman–Crippen MR) is 64.6 cm³/mol. The molecule has 0 spiro atoms. The van der Waals surface area contributed by atoms with Gasteiger partial charge in [-0.1, -0.05) is 18.6 Å². The first-order valence-electron chi connectivity index (χ1n) is 5.53. The molecule has 0 aliphatic carbocycles. The molecule has 1 N–H and O–H groups in total. The van der Waals surface area contributed by atoms with Crippen molar-refractivity contribution < 1.29 is 0 Å². The van der Waals surface area contributed by atoms with Crippen LogP contribution in [0.4, 0.5) is 0 Å². The van der Waals surface area contributed by atoms with E-state index in [-0.39, 0.29) is 0 Å². The lowest BCUT2D eigenvalue weighted by Gasteiger charge is -2.13. The van der Waals surface area contributed by atoms with Crippen LogP contribution >= 0.6 is 0 Å². The van der Waals surface area contributed by atoms with E-state index in [1.54, 1.807) is 0 Å². The van der Waals surface area contributed by atoms with Crippen molar-refractivity contribution in [2.45, 2.75) is 33.2 Å². The van der Waals surface area contributed by atoms with E-state index in [1.807, 2.05) is 24.1 Å². The summed E-state index contributed by atoms with van der Waals surface area (Å²) >= 11 is 0. The number of nitrogens with one attached hydrogen (secondary N) is 1. The molecule has 15 heavy (non-hydrogen) atoms. The molecule has 0 aliphatic heterocycles. The molecule has 0 bridgehead atoms. The maximum atomic E-state index is 4.14. The molecule has 3 nitrogen and oxygen atoms in total. The summed E-state index contributed by atoms with van der Waals surface area (Å²) in [5.41, 5.74) is 2.51. The summed E-state index contributed by atoms with van der Waals surface area (Å²) in [6.45, 7) is 7.59. The highest BCUT2D eigenvalue weighted by Gasteiger charge is 2.02. The fourth-order valence-electron chi connectivity index (χ4n) is 1.42. The van der Waals surface area contributed by atoms with Crippen molar-refractivity contribution in [1.29, 1.82) is 0 Å². The molecule has 1 aromatic rings. The molecule has 0 saturated carbocycles. The molecule has 0 fully saturated rings. The molecule has 1 heterocycles. The Morgan fingerprint density at radius 2 is 2.40 bits per heavy atom. The normalized spacial score (nSPS) is 14.3. The van der Waals surface area contributed by atoms with Gasteiger partial charge in [0, 0.05) is 24.8 Å². The quantitative estimate of drug-likeness (QED) is 0.802. The van der Waals surface area contributed by atoms with Crippen LogP contribution in [-0.2, 0) is 7.05 Å². The van der Waals surface area contributed by atoms with Gasteiger partial charge in [0.25, 0.3) is 0 Å². The van der Waals surface area contributed by atoms with Gasteiger partial charge in [-0.2, -0.15) is 5.10 Å². The van der Waals surface area contributed by atoms with E-state index in [0.29, 0.717) is 6.04 Å². The summed E-state index contributed by atoms with van der Waals surface area (Å²) in [6.07, 6.45) is 7.26.